The number of carbonyl (C=O) groups excluding carboxylic acids is 1. The fourth-order valence-electron chi connectivity index (χ4n) is 3.83. The van der Waals surface area contributed by atoms with E-state index in [-0.39, 0.29) is 10.8 Å². The van der Waals surface area contributed by atoms with E-state index in [2.05, 4.69) is 15.0 Å². The predicted octanol–water partition coefficient (Wildman–Crippen LogP) is 2.84. The van der Waals surface area contributed by atoms with E-state index in [0.717, 1.165) is 37.9 Å². The van der Waals surface area contributed by atoms with Crippen molar-refractivity contribution in [3.8, 4) is 11.4 Å². The van der Waals surface area contributed by atoms with Gasteiger partial charge in [-0.2, -0.15) is 4.98 Å². The lowest BCUT2D eigenvalue weighted by Crippen LogP contribution is -2.48. The Morgan fingerprint density at radius 1 is 1.00 bits per heavy atom. The normalized spacial score (nSPS) is 15.0. The molecule has 1 amide bonds. The van der Waals surface area contributed by atoms with E-state index in [0.29, 0.717) is 36.8 Å². The Hall–Kier alpha value is -3.04. The average molecular weight is 469 g/mol. The monoisotopic (exact) mass is 468 g/mol. The van der Waals surface area contributed by atoms with Crippen LogP contribution in [-0.2, 0) is 16.3 Å². The van der Waals surface area contributed by atoms with Crippen molar-refractivity contribution in [2.75, 3.05) is 39.0 Å². The van der Waals surface area contributed by atoms with Gasteiger partial charge in [0, 0.05) is 50.0 Å². The van der Waals surface area contributed by atoms with Gasteiger partial charge in [0.2, 0.25) is 11.7 Å². The van der Waals surface area contributed by atoms with Gasteiger partial charge in [-0.15, -0.1) is 0 Å². The number of aromatic nitrogens is 2. The van der Waals surface area contributed by atoms with Crippen molar-refractivity contribution in [2.24, 2.45) is 0 Å². The minimum absolute atomic E-state index is 0.0656. The summed E-state index contributed by atoms with van der Waals surface area (Å²) in [6, 6.07) is 14.2. The third kappa shape index (κ3) is 5.85. The maximum Gasteiger partial charge on any atom is 0.253 e. The molecule has 1 fully saturated rings. The highest BCUT2D eigenvalue weighted by atomic mass is 32.2. The first-order valence-corrected chi connectivity index (χ1v) is 12.9. The Labute approximate surface area is 194 Å². The smallest absolute Gasteiger partial charge is 0.253 e. The zero-order chi connectivity index (χ0) is 23.4. The summed E-state index contributed by atoms with van der Waals surface area (Å²) >= 11 is 0. The first kappa shape index (κ1) is 23.1. The van der Waals surface area contributed by atoms with Gasteiger partial charge in [0.05, 0.1) is 4.90 Å². The van der Waals surface area contributed by atoms with Gasteiger partial charge in [-0.25, -0.2) is 8.42 Å². The lowest BCUT2D eigenvalue weighted by atomic mass is 10.1. The molecule has 0 saturated carbocycles. The molecule has 9 heteroatoms. The minimum atomic E-state index is -3.27. The van der Waals surface area contributed by atoms with Crippen LogP contribution in [0.4, 0.5) is 0 Å². The fourth-order valence-corrected chi connectivity index (χ4v) is 4.46. The molecule has 0 N–H and O–H groups in total. The van der Waals surface area contributed by atoms with Gasteiger partial charge in [-0.05, 0) is 44.2 Å². The van der Waals surface area contributed by atoms with Crippen LogP contribution in [0.5, 0.6) is 0 Å². The minimum Gasteiger partial charge on any atom is -0.339 e. The Morgan fingerprint density at radius 3 is 2.30 bits per heavy atom. The zero-order valence-electron chi connectivity index (χ0n) is 18.9. The molecule has 174 valence electrons. The fraction of sp³-hybridized carbons (Fsp3) is 0.375. The number of sulfone groups is 1. The van der Waals surface area contributed by atoms with Crippen molar-refractivity contribution in [3.05, 3.63) is 65.5 Å². The number of rotatable bonds is 7. The molecule has 0 atom stereocenters. The number of hydrogen-bond donors (Lipinski definition) is 0. The zero-order valence-corrected chi connectivity index (χ0v) is 19.7. The van der Waals surface area contributed by atoms with Crippen LogP contribution in [0, 0.1) is 6.92 Å². The summed E-state index contributed by atoms with van der Waals surface area (Å²) < 4.78 is 28.6. The van der Waals surface area contributed by atoms with E-state index in [1.54, 1.807) is 12.1 Å². The molecule has 0 aliphatic carbocycles. The number of amides is 1. The van der Waals surface area contributed by atoms with Gasteiger partial charge in [-0.1, -0.05) is 35.0 Å². The molecule has 4 rings (SSSR count). The van der Waals surface area contributed by atoms with E-state index in [4.69, 9.17) is 4.52 Å². The van der Waals surface area contributed by atoms with Crippen molar-refractivity contribution in [1.29, 1.82) is 0 Å². The number of aryl methyl sites for hydroxylation is 2. The number of nitrogens with zero attached hydrogens (tertiary/aromatic N) is 4. The molecule has 3 aromatic rings. The molecule has 0 spiro atoms. The molecule has 0 bridgehead atoms. The molecular weight excluding hydrogens is 440 g/mol. The van der Waals surface area contributed by atoms with E-state index < -0.39 is 9.84 Å². The standard InChI is InChI=1S/C24H28N4O4S/c1-18-5-7-19(8-6-18)23-25-22(32-26-23)4-3-13-27-14-16-28(17-15-27)24(29)20-9-11-21(12-10-20)33(2,30)31/h5-12H,3-4,13-17H2,1-2H3. The van der Waals surface area contributed by atoms with Gasteiger partial charge in [0.15, 0.2) is 9.84 Å². The van der Waals surface area contributed by atoms with Crippen molar-refractivity contribution in [2.45, 2.75) is 24.7 Å². The summed E-state index contributed by atoms with van der Waals surface area (Å²) in [7, 11) is -3.27. The van der Waals surface area contributed by atoms with Gasteiger partial charge in [0.25, 0.3) is 5.91 Å². The molecule has 0 unspecified atom stereocenters. The maximum atomic E-state index is 12.7. The number of hydrogen-bond acceptors (Lipinski definition) is 7. The van der Waals surface area contributed by atoms with Crippen molar-refractivity contribution in [3.63, 3.8) is 0 Å². The van der Waals surface area contributed by atoms with Gasteiger partial charge in [-0.3, -0.25) is 9.69 Å². The molecule has 33 heavy (non-hydrogen) atoms. The lowest BCUT2D eigenvalue weighted by molar-refractivity contribution is 0.0635. The first-order valence-electron chi connectivity index (χ1n) is 11.0. The number of piperazine rings is 1. The Kier molecular flexibility index (Phi) is 6.90. The van der Waals surface area contributed by atoms with Crippen LogP contribution in [0.15, 0.2) is 57.9 Å². The quantitative estimate of drug-likeness (QED) is 0.526. The first-order chi connectivity index (χ1) is 15.8. The van der Waals surface area contributed by atoms with Crippen LogP contribution in [0.1, 0.15) is 28.2 Å². The van der Waals surface area contributed by atoms with Crippen LogP contribution < -0.4 is 0 Å². The Bertz CT molecular complexity index is 1200. The average Bonchev–Trinajstić information content (AvgIpc) is 3.28. The van der Waals surface area contributed by atoms with Gasteiger partial charge in [0.1, 0.15) is 0 Å². The summed E-state index contributed by atoms with van der Waals surface area (Å²) in [4.78, 5) is 21.6. The molecule has 1 aliphatic rings. The highest BCUT2D eigenvalue weighted by Crippen LogP contribution is 2.17. The summed E-state index contributed by atoms with van der Waals surface area (Å²) in [6.45, 7) is 5.82. The van der Waals surface area contributed by atoms with Crippen molar-refractivity contribution in [1.82, 2.24) is 19.9 Å². The Morgan fingerprint density at radius 2 is 1.67 bits per heavy atom. The highest BCUT2D eigenvalue weighted by molar-refractivity contribution is 7.90. The van der Waals surface area contributed by atoms with E-state index >= 15 is 0 Å². The summed E-state index contributed by atoms with van der Waals surface area (Å²) in [5.41, 5.74) is 2.65. The molecule has 1 saturated heterocycles. The largest absolute Gasteiger partial charge is 0.339 e. The molecule has 2 heterocycles. The topological polar surface area (TPSA) is 96.6 Å². The van der Waals surface area contributed by atoms with Gasteiger partial charge >= 0.3 is 0 Å². The van der Waals surface area contributed by atoms with Crippen molar-refractivity contribution < 1.29 is 17.7 Å². The summed E-state index contributed by atoms with van der Waals surface area (Å²) in [5, 5.41) is 4.08. The molecule has 0 radical (unpaired) electrons. The van der Waals surface area contributed by atoms with Gasteiger partial charge < -0.3 is 9.42 Å². The molecular formula is C24H28N4O4S. The Balaban J connectivity index is 1.22. The van der Waals surface area contributed by atoms with Crippen molar-refractivity contribution >= 4 is 15.7 Å². The second-order valence-electron chi connectivity index (χ2n) is 8.41. The van der Waals surface area contributed by atoms with E-state index in [1.165, 1.54) is 17.7 Å². The molecule has 1 aromatic heterocycles. The van der Waals surface area contributed by atoms with Crippen LogP contribution >= 0.6 is 0 Å². The molecule has 8 nitrogen and oxygen atoms in total. The molecule has 1 aliphatic heterocycles. The maximum absolute atomic E-state index is 12.7. The second-order valence-corrected chi connectivity index (χ2v) is 10.4. The third-order valence-corrected chi connectivity index (χ3v) is 6.96. The molecule has 2 aromatic carbocycles. The summed E-state index contributed by atoms with van der Waals surface area (Å²) in [5.74, 6) is 1.18. The third-order valence-electron chi connectivity index (χ3n) is 5.83. The predicted molar refractivity (Wildman–Crippen MR) is 125 cm³/mol. The SMILES string of the molecule is Cc1ccc(-c2noc(CCCN3CCN(C(=O)c4ccc(S(C)(=O)=O)cc4)CC3)n2)cc1. The van der Waals surface area contributed by atoms with E-state index in [1.807, 2.05) is 36.1 Å². The van der Waals surface area contributed by atoms with E-state index in [9.17, 15) is 13.2 Å². The van der Waals surface area contributed by atoms with Crippen LogP contribution in [0.25, 0.3) is 11.4 Å². The summed E-state index contributed by atoms with van der Waals surface area (Å²) in [6.07, 6.45) is 2.77. The van der Waals surface area contributed by atoms with Crippen LogP contribution in [-0.4, -0.2) is 73.2 Å². The van der Waals surface area contributed by atoms with Crippen LogP contribution in [0.3, 0.4) is 0 Å². The highest BCUT2D eigenvalue weighted by Gasteiger charge is 2.22. The number of carbonyl (C=O) groups is 1. The lowest BCUT2D eigenvalue weighted by Gasteiger charge is -2.34. The van der Waals surface area contributed by atoms with Crippen LogP contribution in [0.2, 0.25) is 0 Å². The second kappa shape index (κ2) is 9.84. The number of benzene rings is 2.